The molecule has 27 heavy (non-hydrogen) atoms. The van der Waals surface area contributed by atoms with Crippen molar-refractivity contribution < 1.29 is 19.4 Å². The van der Waals surface area contributed by atoms with Crippen LogP contribution in [0.1, 0.15) is 29.6 Å². The van der Waals surface area contributed by atoms with E-state index in [1.54, 1.807) is 30.1 Å². The van der Waals surface area contributed by atoms with Gasteiger partial charge in [0.05, 0.1) is 23.1 Å². The number of imidazole rings is 1. The molecule has 3 heterocycles. The van der Waals surface area contributed by atoms with Gasteiger partial charge < -0.3 is 19.7 Å². The van der Waals surface area contributed by atoms with E-state index in [0.717, 1.165) is 12.8 Å². The zero-order valence-corrected chi connectivity index (χ0v) is 15.2. The number of nitrogens with one attached hydrogen (secondary N) is 1. The molecular weight excluding hydrogens is 350 g/mol. The third kappa shape index (κ3) is 3.14. The van der Waals surface area contributed by atoms with Crippen LogP contribution >= 0.6 is 0 Å². The molecule has 0 bridgehead atoms. The van der Waals surface area contributed by atoms with Crippen molar-refractivity contribution in [1.29, 1.82) is 0 Å². The van der Waals surface area contributed by atoms with Gasteiger partial charge >= 0.3 is 11.7 Å². The van der Waals surface area contributed by atoms with Gasteiger partial charge in [0.15, 0.2) is 0 Å². The van der Waals surface area contributed by atoms with Gasteiger partial charge in [0, 0.05) is 32.3 Å². The highest BCUT2D eigenvalue weighted by Crippen LogP contribution is 2.33. The number of amides is 1. The van der Waals surface area contributed by atoms with Crippen LogP contribution in [0.5, 0.6) is 0 Å². The number of ether oxygens (including phenoxy) is 1. The third-order valence-corrected chi connectivity index (χ3v) is 5.90. The number of hydrogen-bond donors (Lipinski definition) is 2. The summed E-state index contributed by atoms with van der Waals surface area (Å²) < 4.78 is 7.18. The molecule has 8 heteroatoms. The van der Waals surface area contributed by atoms with E-state index in [-0.39, 0.29) is 23.6 Å². The summed E-state index contributed by atoms with van der Waals surface area (Å²) in [6, 6.07) is 5.22. The second kappa shape index (κ2) is 6.84. The first kappa shape index (κ1) is 17.8. The van der Waals surface area contributed by atoms with Gasteiger partial charge in [-0.3, -0.25) is 14.2 Å². The van der Waals surface area contributed by atoms with Crippen molar-refractivity contribution in [3.05, 3.63) is 34.2 Å². The Morgan fingerprint density at radius 1 is 1.22 bits per heavy atom. The van der Waals surface area contributed by atoms with E-state index < -0.39 is 11.9 Å². The largest absolute Gasteiger partial charge is 0.481 e. The fraction of sp³-hybridized carbons (Fsp3) is 0.526. The Hall–Kier alpha value is -2.61. The first-order chi connectivity index (χ1) is 13.0. The van der Waals surface area contributed by atoms with Crippen LogP contribution in [0.25, 0.3) is 11.0 Å². The number of benzene rings is 1. The summed E-state index contributed by atoms with van der Waals surface area (Å²) in [5.41, 5.74) is 1.75. The molecule has 0 saturated carbocycles. The maximum Gasteiger partial charge on any atom is 0.326 e. The van der Waals surface area contributed by atoms with Crippen molar-refractivity contribution in [3.63, 3.8) is 0 Å². The van der Waals surface area contributed by atoms with E-state index in [4.69, 9.17) is 4.74 Å². The maximum absolute atomic E-state index is 12.9. The SMILES string of the molecule is Cn1c(=O)[nH]c2ccc(C(=O)N3CCC([C@@H]4OCCC4C(=O)O)CC3)cc21. The standard InChI is InChI=1S/C19H23N3O5/c1-21-15-10-12(2-3-14(15)20-19(21)26)17(23)22-7-4-11(5-8-22)16-13(18(24)25)6-9-27-16/h2-3,10-11,13,16H,4-9H2,1H3,(H,20,26)(H,24,25)/t13?,16-/m0/s1. The van der Waals surface area contributed by atoms with Crippen LogP contribution in [0, 0.1) is 11.8 Å². The van der Waals surface area contributed by atoms with Gasteiger partial charge in [-0.05, 0) is 43.4 Å². The molecule has 2 atom stereocenters. The van der Waals surface area contributed by atoms with Crippen LogP contribution in [-0.2, 0) is 16.6 Å². The summed E-state index contributed by atoms with van der Waals surface area (Å²) in [7, 11) is 1.67. The van der Waals surface area contributed by atoms with Crippen LogP contribution in [-0.4, -0.2) is 57.2 Å². The highest BCUT2D eigenvalue weighted by molar-refractivity contribution is 5.97. The number of aryl methyl sites for hydroxylation is 1. The number of H-pyrrole nitrogens is 1. The zero-order valence-electron chi connectivity index (χ0n) is 15.2. The first-order valence-electron chi connectivity index (χ1n) is 9.28. The van der Waals surface area contributed by atoms with E-state index in [2.05, 4.69) is 4.98 Å². The van der Waals surface area contributed by atoms with E-state index in [1.807, 2.05) is 0 Å². The van der Waals surface area contributed by atoms with E-state index in [0.29, 0.717) is 42.7 Å². The molecule has 2 saturated heterocycles. The van der Waals surface area contributed by atoms with Crippen LogP contribution in [0.3, 0.4) is 0 Å². The average molecular weight is 373 g/mol. The second-order valence-corrected chi connectivity index (χ2v) is 7.42. The van der Waals surface area contributed by atoms with Gasteiger partial charge in [0.25, 0.3) is 5.91 Å². The number of carbonyl (C=O) groups is 2. The lowest BCUT2D eigenvalue weighted by molar-refractivity contribution is -0.145. The number of aromatic nitrogens is 2. The number of nitrogens with zero attached hydrogens (tertiary/aromatic N) is 2. The number of hydrogen-bond acceptors (Lipinski definition) is 4. The fourth-order valence-corrected chi connectivity index (χ4v) is 4.31. The number of aromatic amines is 1. The quantitative estimate of drug-likeness (QED) is 0.841. The molecule has 0 spiro atoms. The number of piperidine rings is 1. The van der Waals surface area contributed by atoms with Crippen molar-refractivity contribution in [3.8, 4) is 0 Å². The Kier molecular flexibility index (Phi) is 4.51. The summed E-state index contributed by atoms with van der Waals surface area (Å²) >= 11 is 0. The highest BCUT2D eigenvalue weighted by atomic mass is 16.5. The Morgan fingerprint density at radius 2 is 1.96 bits per heavy atom. The minimum absolute atomic E-state index is 0.0638. The molecule has 2 N–H and O–H groups in total. The Balaban J connectivity index is 1.45. The average Bonchev–Trinajstić information content (AvgIpc) is 3.27. The van der Waals surface area contributed by atoms with Crippen molar-refractivity contribution >= 4 is 22.9 Å². The zero-order chi connectivity index (χ0) is 19.1. The number of aliphatic carboxylic acids is 1. The number of fused-ring (bicyclic) bond motifs is 1. The van der Waals surface area contributed by atoms with Crippen LogP contribution in [0.2, 0.25) is 0 Å². The predicted octanol–water partition coefficient (Wildman–Crippen LogP) is 1.21. The van der Waals surface area contributed by atoms with Crippen molar-refractivity contribution in [2.75, 3.05) is 19.7 Å². The number of rotatable bonds is 3. The predicted molar refractivity (Wildman–Crippen MR) is 97.7 cm³/mol. The number of carbonyl (C=O) groups excluding carboxylic acids is 1. The molecule has 0 radical (unpaired) electrons. The fourth-order valence-electron chi connectivity index (χ4n) is 4.31. The molecule has 2 aromatic rings. The lowest BCUT2D eigenvalue weighted by atomic mass is 9.84. The molecule has 4 rings (SSSR count). The lowest BCUT2D eigenvalue weighted by Crippen LogP contribution is -2.43. The summed E-state index contributed by atoms with van der Waals surface area (Å²) in [4.78, 5) is 40.5. The molecule has 1 aromatic carbocycles. The van der Waals surface area contributed by atoms with Crippen molar-refractivity contribution in [1.82, 2.24) is 14.5 Å². The summed E-state index contributed by atoms with van der Waals surface area (Å²) in [6.45, 7) is 1.66. The molecule has 2 fully saturated rings. The Labute approximate surface area is 155 Å². The maximum atomic E-state index is 12.9. The molecule has 1 aromatic heterocycles. The molecule has 1 amide bonds. The molecular formula is C19H23N3O5. The molecule has 0 aliphatic carbocycles. The number of carboxylic acids is 1. The topological polar surface area (TPSA) is 105 Å². The highest BCUT2D eigenvalue weighted by Gasteiger charge is 2.40. The Bertz CT molecular complexity index is 938. The monoisotopic (exact) mass is 373 g/mol. The van der Waals surface area contributed by atoms with Crippen LogP contribution in [0.4, 0.5) is 0 Å². The van der Waals surface area contributed by atoms with Gasteiger partial charge in [-0.2, -0.15) is 0 Å². The van der Waals surface area contributed by atoms with E-state index in [1.165, 1.54) is 4.57 Å². The summed E-state index contributed by atoms with van der Waals surface area (Å²) in [5, 5.41) is 9.34. The smallest absolute Gasteiger partial charge is 0.326 e. The normalized spacial score (nSPS) is 23.8. The molecule has 2 aliphatic rings. The molecule has 1 unspecified atom stereocenters. The van der Waals surface area contributed by atoms with Gasteiger partial charge in [0.1, 0.15) is 0 Å². The van der Waals surface area contributed by atoms with Gasteiger partial charge in [-0.25, -0.2) is 4.79 Å². The molecule has 8 nitrogen and oxygen atoms in total. The van der Waals surface area contributed by atoms with Crippen LogP contribution in [0.15, 0.2) is 23.0 Å². The molecule has 2 aliphatic heterocycles. The minimum atomic E-state index is -0.790. The van der Waals surface area contributed by atoms with Gasteiger partial charge in [-0.1, -0.05) is 0 Å². The van der Waals surface area contributed by atoms with Gasteiger partial charge in [0.2, 0.25) is 0 Å². The Morgan fingerprint density at radius 3 is 2.67 bits per heavy atom. The summed E-state index contributed by atoms with van der Waals surface area (Å²) in [5.74, 6) is -1.12. The lowest BCUT2D eigenvalue weighted by Gasteiger charge is -2.35. The minimum Gasteiger partial charge on any atom is -0.481 e. The van der Waals surface area contributed by atoms with E-state index >= 15 is 0 Å². The molecule has 144 valence electrons. The van der Waals surface area contributed by atoms with Crippen molar-refractivity contribution in [2.24, 2.45) is 18.9 Å². The van der Waals surface area contributed by atoms with Gasteiger partial charge in [-0.15, -0.1) is 0 Å². The number of carboxylic acid groups (broad SMARTS) is 1. The van der Waals surface area contributed by atoms with E-state index in [9.17, 15) is 19.5 Å². The van der Waals surface area contributed by atoms with Crippen molar-refractivity contribution in [2.45, 2.75) is 25.4 Å². The van der Waals surface area contributed by atoms with Crippen LogP contribution < -0.4 is 5.69 Å². The summed E-state index contributed by atoms with van der Waals surface area (Å²) in [6.07, 6.45) is 1.80. The number of likely N-dealkylation sites (tertiary alicyclic amines) is 1. The first-order valence-corrected chi connectivity index (χ1v) is 9.28. The third-order valence-electron chi connectivity index (χ3n) is 5.90. The second-order valence-electron chi connectivity index (χ2n) is 7.42.